The van der Waals surface area contributed by atoms with Gasteiger partial charge in [0.05, 0.1) is 0 Å². The van der Waals surface area contributed by atoms with E-state index in [1.807, 2.05) is 6.92 Å². The molecule has 1 unspecified atom stereocenters. The summed E-state index contributed by atoms with van der Waals surface area (Å²) in [6.07, 6.45) is 1.64. The molecule has 0 amide bonds. The zero-order chi connectivity index (χ0) is 11.3. The van der Waals surface area contributed by atoms with Gasteiger partial charge >= 0.3 is 0 Å². The number of unbranched alkanes of at least 4 members (excludes halogenated alkanes) is 2. The molecule has 0 spiro atoms. The standard InChI is InChI=1S/C12H15F3/c1-2-3-4-5-11(14)10-7-6-9(13)8-12(10)15/h6-8,11H,2-5H2,1H3. The molecule has 0 heterocycles. The highest BCUT2D eigenvalue weighted by atomic mass is 19.1. The highest BCUT2D eigenvalue weighted by Crippen LogP contribution is 2.26. The van der Waals surface area contributed by atoms with Gasteiger partial charge in [0.2, 0.25) is 0 Å². The maximum atomic E-state index is 13.5. The van der Waals surface area contributed by atoms with Crippen LogP contribution in [-0.4, -0.2) is 0 Å². The summed E-state index contributed by atoms with van der Waals surface area (Å²) < 4.78 is 39.2. The molecule has 0 aliphatic heterocycles. The summed E-state index contributed by atoms with van der Waals surface area (Å²) in [5.74, 6) is -1.46. The first-order chi connectivity index (χ1) is 7.15. The van der Waals surface area contributed by atoms with Gasteiger partial charge in [-0.25, -0.2) is 13.2 Å². The van der Waals surface area contributed by atoms with E-state index in [0.29, 0.717) is 6.42 Å². The number of hydrogen-bond acceptors (Lipinski definition) is 0. The molecule has 0 saturated carbocycles. The van der Waals surface area contributed by atoms with Crippen molar-refractivity contribution in [2.24, 2.45) is 0 Å². The van der Waals surface area contributed by atoms with Gasteiger partial charge in [0, 0.05) is 11.6 Å². The lowest BCUT2D eigenvalue weighted by molar-refractivity contribution is 0.304. The number of benzene rings is 1. The molecule has 1 rings (SSSR count). The average Bonchev–Trinajstić information content (AvgIpc) is 2.17. The van der Waals surface area contributed by atoms with Crippen molar-refractivity contribution in [3.05, 3.63) is 35.4 Å². The molecular weight excluding hydrogens is 201 g/mol. The molecule has 0 N–H and O–H groups in total. The number of rotatable bonds is 5. The topological polar surface area (TPSA) is 0 Å². The van der Waals surface area contributed by atoms with Crippen molar-refractivity contribution in [1.82, 2.24) is 0 Å². The molecule has 3 heteroatoms. The highest BCUT2D eigenvalue weighted by molar-refractivity contribution is 5.20. The summed E-state index contributed by atoms with van der Waals surface area (Å²) in [5, 5.41) is 0. The third-order valence-corrected chi connectivity index (χ3v) is 2.36. The first-order valence-corrected chi connectivity index (χ1v) is 5.24. The van der Waals surface area contributed by atoms with Crippen LogP contribution in [0.3, 0.4) is 0 Å². The molecule has 0 aromatic heterocycles. The molecule has 15 heavy (non-hydrogen) atoms. The second kappa shape index (κ2) is 5.79. The molecule has 1 aromatic carbocycles. The fraction of sp³-hybridized carbons (Fsp3) is 0.500. The largest absolute Gasteiger partial charge is 0.242 e. The lowest BCUT2D eigenvalue weighted by Crippen LogP contribution is -1.97. The summed E-state index contributed by atoms with van der Waals surface area (Å²) in [4.78, 5) is 0. The number of hydrogen-bond donors (Lipinski definition) is 0. The lowest BCUT2D eigenvalue weighted by Gasteiger charge is -2.09. The Balaban J connectivity index is 2.61. The van der Waals surface area contributed by atoms with Gasteiger partial charge < -0.3 is 0 Å². The van der Waals surface area contributed by atoms with E-state index in [-0.39, 0.29) is 5.56 Å². The molecule has 84 valence electrons. The van der Waals surface area contributed by atoms with Crippen LogP contribution in [0.5, 0.6) is 0 Å². The quantitative estimate of drug-likeness (QED) is 0.633. The summed E-state index contributed by atoms with van der Waals surface area (Å²) in [5.41, 5.74) is -0.0347. The maximum absolute atomic E-state index is 13.5. The molecular formula is C12H15F3. The van der Waals surface area contributed by atoms with Gasteiger partial charge in [0.15, 0.2) is 0 Å². The van der Waals surface area contributed by atoms with E-state index < -0.39 is 17.8 Å². The van der Waals surface area contributed by atoms with E-state index >= 15 is 0 Å². The van der Waals surface area contributed by atoms with Crippen LogP contribution in [0, 0.1) is 11.6 Å². The smallest absolute Gasteiger partial charge is 0.132 e. The summed E-state index contributed by atoms with van der Waals surface area (Å²) in [6, 6.07) is 2.99. The van der Waals surface area contributed by atoms with Gasteiger partial charge in [-0.2, -0.15) is 0 Å². The second-order valence-electron chi connectivity index (χ2n) is 3.63. The molecule has 0 aliphatic rings. The minimum absolute atomic E-state index is 0.0347. The summed E-state index contributed by atoms with van der Waals surface area (Å²) in [6.45, 7) is 2.02. The zero-order valence-electron chi connectivity index (χ0n) is 8.77. The summed E-state index contributed by atoms with van der Waals surface area (Å²) >= 11 is 0. The van der Waals surface area contributed by atoms with Crippen LogP contribution < -0.4 is 0 Å². The molecule has 0 nitrogen and oxygen atoms in total. The Bertz CT molecular complexity index is 310. The first kappa shape index (κ1) is 12.1. The Morgan fingerprint density at radius 1 is 1.20 bits per heavy atom. The Kier molecular flexibility index (Phi) is 4.66. The van der Waals surface area contributed by atoms with E-state index in [0.717, 1.165) is 31.4 Å². The normalized spacial score (nSPS) is 12.8. The third-order valence-electron chi connectivity index (χ3n) is 2.36. The number of halogens is 3. The third kappa shape index (κ3) is 3.57. The fourth-order valence-electron chi connectivity index (χ4n) is 1.48. The van der Waals surface area contributed by atoms with E-state index in [9.17, 15) is 13.2 Å². The molecule has 0 aliphatic carbocycles. The minimum Gasteiger partial charge on any atom is -0.242 e. The first-order valence-electron chi connectivity index (χ1n) is 5.24. The van der Waals surface area contributed by atoms with Crippen molar-refractivity contribution in [3.63, 3.8) is 0 Å². The molecule has 1 atom stereocenters. The van der Waals surface area contributed by atoms with Crippen LogP contribution in [0.2, 0.25) is 0 Å². The summed E-state index contributed by atoms with van der Waals surface area (Å²) in [7, 11) is 0. The molecule has 0 fully saturated rings. The van der Waals surface area contributed by atoms with Gasteiger partial charge in [0.1, 0.15) is 17.8 Å². The van der Waals surface area contributed by atoms with E-state index in [4.69, 9.17) is 0 Å². The predicted octanol–water partition coefficient (Wildman–Crippen LogP) is 4.56. The van der Waals surface area contributed by atoms with Gasteiger partial charge in [0.25, 0.3) is 0 Å². The highest BCUT2D eigenvalue weighted by Gasteiger charge is 2.14. The molecule has 0 radical (unpaired) electrons. The second-order valence-corrected chi connectivity index (χ2v) is 3.63. The molecule has 0 saturated heterocycles. The zero-order valence-corrected chi connectivity index (χ0v) is 8.77. The van der Waals surface area contributed by atoms with Crippen molar-refractivity contribution in [3.8, 4) is 0 Å². The van der Waals surface area contributed by atoms with Crippen LogP contribution >= 0.6 is 0 Å². The molecule has 0 bridgehead atoms. The Morgan fingerprint density at radius 3 is 2.53 bits per heavy atom. The van der Waals surface area contributed by atoms with Crippen LogP contribution in [0.1, 0.15) is 44.3 Å². The van der Waals surface area contributed by atoms with Gasteiger partial charge in [-0.1, -0.05) is 32.3 Å². The minimum atomic E-state index is -1.32. The lowest BCUT2D eigenvalue weighted by atomic mass is 10.0. The van der Waals surface area contributed by atoms with Crippen molar-refractivity contribution in [2.45, 2.75) is 38.8 Å². The predicted molar refractivity (Wildman–Crippen MR) is 54.3 cm³/mol. The van der Waals surface area contributed by atoms with Crippen molar-refractivity contribution in [2.75, 3.05) is 0 Å². The van der Waals surface area contributed by atoms with Crippen LogP contribution in [0.15, 0.2) is 18.2 Å². The van der Waals surface area contributed by atoms with E-state index in [1.54, 1.807) is 0 Å². The van der Waals surface area contributed by atoms with Gasteiger partial charge in [-0.15, -0.1) is 0 Å². The number of alkyl halides is 1. The van der Waals surface area contributed by atoms with E-state index in [2.05, 4.69) is 0 Å². The maximum Gasteiger partial charge on any atom is 0.132 e. The Labute approximate surface area is 88.1 Å². The van der Waals surface area contributed by atoms with Crippen LogP contribution in [0.4, 0.5) is 13.2 Å². The Morgan fingerprint density at radius 2 is 1.93 bits per heavy atom. The van der Waals surface area contributed by atoms with Crippen LogP contribution in [-0.2, 0) is 0 Å². The fourth-order valence-corrected chi connectivity index (χ4v) is 1.48. The van der Waals surface area contributed by atoms with Crippen molar-refractivity contribution in [1.29, 1.82) is 0 Å². The average molecular weight is 216 g/mol. The van der Waals surface area contributed by atoms with Crippen molar-refractivity contribution < 1.29 is 13.2 Å². The molecule has 1 aromatic rings. The SMILES string of the molecule is CCCCCC(F)c1ccc(F)cc1F. The van der Waals surface area contributed by atoms with Gasteiger partial charge in [-0.3, -0.25) is 0 Å². The van der Waals surface area contributed by atoms with E-state index in [1.165, 1.54) is 6.07 Å². The van der Waals surface area contributed by atoms with Crippen molar-refractivity contribution >= 4 is 0 Å². The monoisotopic (exact) mass is 216 g/mol. The van der Waals surface area contributed by atoms with Crippen LogP contribution in [0.25, 0.3) is 0 Å². The van der Waals surface area contributed by atoms with Gasteiger partial charge in [-0.05, 0) is 12.5 Å². The Hall–Kier alpha value is -0.990.